The number of rotatable bonds is 8. The molecular formula is C35H66O3Si2. The summed E-state index contributed by atoms with van der Waals surface area (Å²) in [5, 5.41) is 10.6. The van der Waals surface area contributed by atoms with Crippen molar-refractivity contribution >= 4 is 16.6 Å². The molecule has 3 fully saturated rings. The number of allylic oxidation sites excluding steroid dienone is 1. The highest BCUT2D eigenvalue weighted by Crippen LogP contribution is 2.67. The molecule has 0 aromatic carbocycles. The SMILES string of the molecule is CC(C)(C)[Si](C)(C)OC[C@@H](CCO)[C@H]1CC[C@H]2[C@@H]3CC=C4C[C@@H](O[Si](C)(C)C(C)(C)C)CC[C@]4(C)[C@H]3CC[C@]12C. The molecule has 0 heterocycles. The summed E-state index contributed by atoms with van der Waals surface area (Å²) in [6.45, 7) is 30.2. The van der Waals surface area contributed by atoms with Crippen LogP contribution in [0.3, 0.4) is 0 Å². The fourth-order valence-corrected chi connectivity index (χ4v) is 11.7. The maximum atomic E-state index is 10.1. The van der Waals surface area contributed by atoms with Gasteiger partial charge in [-0.05, 0) is 134 Å². The summed E-state index contributed by atoms with van der Waals surface area (Å²) in [4.78, 5) is 0. The molecule has 0 unspecified atom stereocenters. The van der Waals surface area contributed by atoms with Gasteiger partial charge in [0.2, 0.25) is 0 Å². The molecule has 40 heavy (non-hydrogen) atoms. The van der Waals surface area contributed by atoms with Crippen molar-refractivity contribution in [2.45, 2.75) is 156 Å². The van der Waals surface area contributed by atoms with Crippen LogP contribution in [-0.2, 0) is 8.85 Å². The summed E-state index contributed by atoms with van der Waals surface area (Å²) in [7, 11) is -3.54. The summed E-state index contributed by atoms with van der Waals surface area (Å²) in [5.41, 5.74) is 2.50. The van der Waals surface area contributed by atoms with Crippen LogP contribution in [0, 0.1) is 40.4 Å². The molecule has 0 saturated heterocycles. The highest BCUT2D eigenvalue weighted by Gasteiger charge is 2.60. The fraction of sp³-hybridized carbons (Fsp3) is 0.943. The predicted octanol–water partition coefficient (Wildman–Crippen LogP) is 9.98. The van der Waals surface area contributed by atoms with Gasteiger partial charge in [-0.3, -0.25) is 0 Å². The van der Waals surface area contributed by atoms with Gasteiger partial charge in [-0.2, -0.15) is 0 Å². The fourth-order valence-electron chi connectivity index (χ4n) is 9.23. The quantitative estimate of drug-likeness (QED) is 0.226. The molecule has 3 nitrogen and oxygen atoms in total. The zero-order chi connectivity index (χ0) is 29.9. The summed E-state index contributed by atoms with van der Waals surface area (Å²) in [6, 6.07) is 0. The van der Waals surface area contributed by atoms with Crippen molar-refractivity contribution in [2.24, 2.45) is 40.4 Å². The summed E-state index contributed by atoms with van der Waals surface area (Å²) in [5.74, 6) is 3.65. The maximum Gasteiger partial charge on any atom is 0.192 e. The summed E-state index contributed by atoms with van der Waals surface area (Å²) < 4.78 is 13.8. The lowest BCUT2D eigenvalue weighted by atomic mass is 9.47. The Labute approximate surface area is 250 Å². The first-order valence-corrected chi connectivity index (χ1v) is 22.7. The third-order valence-electron chi connectivity index (χ3n) is 13.9. The molecule has 0 amide bonds. The Morgan fingerprint density at radius 3 is 2.15 bits per heavy atom. The van der Waals surface area contributed by atoms with Crippen molar-refractivity contribution in [2.75, 3.05) is 13.2 Å². The second kappa shape index (κ2) is 11.2. The van der Waals surface area contributed by atoms with Gasteiger partial charge in [0.1, 0.15) is 0 Å². The number of hydrogen-bond donors (Lipinski definition) is 1. The average Bonchev–Trinajstić information content (AvgIpc) is 3.17. The number of aliphatic hydroxyl groups is 1. The Morgan fingerprint density at radius 1 is 0.900 bits per heavy atom. The molecule has 1 N–H and O–H groups in total. The van der Waals surface area contributed by atoms with E-state index < -0.39 is 16.6 Å². The Morgan fingerprint density at radius 2 is 1.55 bits per heavy atom. The van der Waals surface area contributed by atoms with Gasteiger partial charge in [-0.1, -0.05) is 67.0 Å². The normalized spacial score (nSPS) is 37.8. The number of aliphatic hydroxyl groups excluding tert-OH is 1. The molecule has 232 valence electrons. The van der Waals surface area contributed by atoms with Crippen molar-refractivity contribution in [1.29, 1.82) is 0 Å². The van der Waals surface area contributed by atoms with E-state index in [1.807, 2.05) is 0 Å². The monoisotopic (exact) mass is 590 g/mol. The van der Waals surface area contributed by atoms with E-state index in [-0.39, 0.29) is 16.7 Å². The van der Waals surface area contributed by atoms with Crippen LogP contribution in [0.2, 0.25) is 36.3 Å². The van der Waals surface area contributed by atoms with E-state index >= 15 is 0 Å². The molecule has 4 rings (SSSR count). The summed E-state index contributed by atoms with van der Waals surface area (Å²) >= 11 is 0. The van der Waals surface area contributed by atoms with Gasteiger partial charge < -0.3 is 14.0 Å². The van der Waals surface area contributed by atoms with Crippen LogP contribution < -0.4 is 0 Å². The minimum absolute atomic E-state index is 0.229. The average molecular weight is 591 g/mol. The highest BCUT2D eigenvalue weighted by molar-refractivity contribution is 6.74. The van der Waals surface area contributed by atoms with Gasteiger partial charge >= 0.3 is 0 Å². The molecule has 0 aromatic rings. The van der Waals surface area contributed by atoms with Gasteiger partial charge in [-0.15, -0.1) is 0 Å². The number of fused-ring (bicyclic) bond motifs is 5. The standard InChI is InChI=1S/C35H66O3Si2/c1-32(2,3)39(9,10)37-24-25(19-22-36)29-15-16-30-28-14-13-26-23-27(38-40(11,12)33(4,5)6)17-20-34(26,7)31(28)18-21-35(29,30)8/h13,25,27-31,36H,14-24H2,1-12H3/t25-,27+,28+,29-,30+,31+,34+,35-/m1/s1. The van der Waals surface area contributed by atoms with E-state index in [0.717, 1.165) is 30.8 Å². The van der Waals surface area contributed by atoms with Gasteiger partial charge in [0.05, 0.1) is 0 Å². The van der Waals surface area contributed by atoms with Crippen LogP contribution in [0.4, 0.5) is 0 Å². The summed E-state index contributed by atoms with van der Waals surface area (Å²) in [6.07, 6.45) is 14.4. The Kier molecular flexibility index (Phi) is 9.23. The van der Waals surface area contributed by atoms with Crippen molar-refractivity contribution in [3.8, 4) is 0 Å². The van der Waals surface area contributed by atoms with E-state index in [4.69, 9.17) is 8.85 Å². The first kappa shape index (κ1) is 33.0. The largest absolute Gasteiger partial charge is 0.417 e. The lowest BCUT2D eigenvalue weighted by Gasteiger charge is -2.59. The van der Waals surface area contributed by atoms with E-state index in [1.54, 1.807) is 5.57 Å². The third kappa shape index (κ3) is 5.91. The topological polar surface area (TPSA) is 38.7 Å². The lowest BCUT2D eigenvalue weighted by molar-refractivity contribution is -0.0620. The molecular weight excluding hydrogens is 525 g/mol. The molecule has 0 radical (unpaired) electrons. The lowest BCUT2D eigenvalue weighted by Crippen LogP contribution is -2.52. The zero-order valence-corrected chi connectivity index (χ0v) is 30.6. The van der Waals surface area contributed by atoms with Gasteiger partial charge in [0, 0.05) is 19.3 Å². The molecule has 4 aliphatic carbocycles. The highest BCUT2D eigenvalue weighted by atomic mass is 28.4. The molecule has 8 atom stereocenters. The molecule has 0 bridgehead atoms. The van der Waals surface area contributed by atoms with Crippen molar-refractivity contribution in [3.05, 3.63) is 11.6 Å². The third-order valence-corrected chi connectivity index (χ3v) is 23.0. The molecule has 3 saturated carbocycles. The Balaban J connectivity index is 1.49. The van der Waals surface area contributed by atoms with Crippen LogP contribution in [0.15, 0.2) is 11.6 Å². The Bertz CT molecular complexity index is 928. The predicted molar refractivity (Wildman–Crippen MR) is 176 cm³/mol. The Hall–Kier alpha value is 0.0538. The van der Waals surface area contributed by atoms with Gasteiger partial charge in [0.25, 0.3) is 0 Å². The smallest absolute Gasteiger partial charge is 0.192 e. The van der Waals surface area contributed by atoms with E-state index in [1.165, 1.54) is 51.4 Å². The molecule has 5 heteroatoms. The second-order valence-corrected chi connectivity index (χ2v) is 27.6. The van der Waals surface area contributed by atoms with Crippen molar-refractivity contribution < 1.29 is 14.0 Å². The van der Waals surface area contributed by atoms with Crippen LogP contribution in [-0.4, -0.2) is 41.1 Å². The second-order valence-electron chi connectivity index (χ2n) is 18.1. The molecule has 4 aliphatic rings. The van der Waals surface area contributed by atoms with Gasteiger partial charge in [0.15, 0.2) is 16.6 Å². The first-order valence-electron chi connectivity index (χ1n) is 16.9. The molecule has 0 aliphatic heterocycles. The minimum Gasteiger partial charge on any atom is -0.417 e. The van der Waals surface area contributed by atoms with Crippen molar-refractivity contribution in [1.82, 2.24) is 0 Å². The minimum atomic E-state index is -1.80. The van der Waals surface area contributed by atoms with Crippen LogP contribution in [0.1, 0.15) is 113 Å². The van der Waals surface area contributed by atoms with Crippen LogP contribution in [0.25, 0.3) is 0 Å². The van der Waals surface area contributed by atoms with E-state index in [9.17, 15) is 5.11 Å². The maximum absolute atomic E-state index is 10.1. The van der Waals surface area contributed by atoms with Crippen molar-refractivity contribution in [3.63, 3.8) is 0 Å². The van der Waals surface area contributed by atoms with Crippen LogP contribution in [0.5, 0.6) is 0 Å². The molecule has 0 aromatic heterocycles. The van der Waals surface area contributed by atoms with E-state index in [0.29, 0.717) is 28.8 Å². The zero-order valence-electron chi connectivity index (χ0n) is 28.6. The van der Waals surface area contributed by atoms with Crippen LogP contribution >= 0.6 is 0 Å². The first-order chi connectivity index (χ1) is 18.3. The number of hydrogen-bond acceptors (Lipinski definition) is 3. The molecule has 0 spiro atoms. The van der Waals surface area contributed by atoms with Gasteiger partial charge in [-0.25, -0.2) is 0 Å². The van der Waals surface area contributed by atoms with E-state index in [2.05, 4.69) is 87.7 Å².